The van der Waals surface area contributed by atoms with Crippen LogP contribution in [0.25, 0.3) is 11.1 Å². The Hall–Kier alpha value is -3.48. The molecule has 3 aromatic rings. The number of nitrogens with zero attached hydrogens (tertiary/aromatic N) is 2. The highest BCUT2D eigenvalue weighted by Crippen LogP contribution is 2.44. The molecule has 0 radical (unpaired) electrons. The lowest BCUT2D eigenvalue weighted by molar-refractivity contribution is -0.0188. The molecule has 0 bridgehead atoms. The van der Waals surface area contributed by atoms with Crippen molar-refractivity contribution in [2.75, 3.05) is 133 Å². The summed E-state index contributed by atoms with van der Waals surface area (Å²) in [5.74, 6) is -0.0609. The van der Waals surface area contributed by atoms with Crippen LogP contribution in [0.4, 0.5) is 4.79 Å². The van der Waals surface area contributed by atoms with Gasteiger partial charge in [0.05, 0.1) is 96.8 Å². The Kier molecular flexibility index (Phi) is 19.8. The number of amides is 1. The first-order valence-electron chi connectivity index (χ1n) is 20.2. The van der Waals surface area contributed by atoms with Gasteiger partial charge in [-0.05, 0) is 65.9 Å². The lowest BCUT2D eigenvalue weighted by atomic mass is 9.98. The molecule has 1 aliphatic heterocycles. The molecular formula is C43H61N3O11S. The SMILES string of the molecule is COCCOCCOCCOCCOCCOCCOCCNS(=O)(=O)c1cccc([C@@H](CN2CCCC2)N(C)C(=O)OCC2c3ccccc3-c3ccccc32)c1. The molecule has 1 aliphatic carbocycles. The summed E-state index contributed by atoms with van der Waals surface area (Å²) in [7, 11) is -0.480. The standard InChI is InChI=1S/C43H61N3O11S/c1-45(43(47)57-34-41-39-14-5-3-12-37(39)38-13-4-6-15-40(38)41)42(33-46-17-7-8-18-46)35-10-9-11-36(32-35)58(48,49)44-16-19-51-22-23-53-26-27-55-30-31-56-29-28-54-25-24-52-21-20-50-2/h3-6,9-15,32,41-42,44H,7-8,16-31,33-34H2,1-2H3/t42-/m1/s1. The van der Waals surface area contributed by atoms with Crippen molar-refractivity contribution in [1.29, 1.82) is 0 Å². The molecule has 5 rings (SSSR count). The van der Waals surface area contributed by atoms with E-state index in [1.807, 2.05) is 30.3 Å². The first-order chi connectivity index (χ1) is 28.4. The first-order valence-corrected chi connectivity index (χ1v) is 21.7. The van der Waals surface area contributed by atoms with Crippen molar-refractivity contribution in [2.24, 2.45) is 0 Å². The van der Waals surface area contributed by atoms with Crippen LogP contribution in [0.3, 0.4) is 0 Å². The molecule has 1 fully saturated rings. The van der Waals surface area contributed by atoms with E-state index in [0.29, 0.717) is 85.8 Å². The van der Waals surface area contributed by atoms with Crippen molar-refractivity contribution < 1.29 is 51.1 Å². The van der Waals surface area contributed by atoms with Crippen LogP contribution < -0.4 is 4.72 Å². The molecule has 0 saturated carbocycles. The molecule has 320 valence electrons. The predicted molar refractivity (Wildman–Crippen MR) is 220 cm³/mol. The number of ether oxygens (including phenoxy) is 8. The summed E-state index contributed by atoms with van der Waals surface area (Å²) in [5.41, 5.74) is 5.34. The lowest BCUT2D eigenvalue weighted by Gasteiger charge is -2.32. The van der Waals surface area contributed by atoms with Gasteiger partial charge in [0, 0.05) is 33.2 Å². The normalized spacial score (nSPS) is 14.7. The van der Waals surface area contributed by atoms with E-state index in [1.54, 1.807) is 37.3 Å². The Morgan fingerprint density at radius 2 is 1.21 bits per heavy atom. The van der Waals surface area contributed by atoms with Crippen molar-refractivity contribution in [2.45, 2.75) is 29.7 Å². The number of fused-ring (bicyclic) bond motifs is 3. The second kappa shape index (κ2) is 25.2. The van der Waals surface area contributed by atoms with E-state index in [0.717, 1.165) is 53.7 Å². The molecule has 1 heterocycles. The Morgan fingerprint density at radius 1 is 0.707 bits per heavy atom. The van der Waals surface area contributed by atoms with Crippen molar-refractivity contribution in [3.63, 3.8) is 0 Å². The zero-order valence-electron chi connectivity index (χ0n) is 34.0. The number of sulfonamides is 1. The number of likely N-dealkylation sites (tertiary alicyclic amines) is 1. The number of carbonyl (C=O) groups is 1. The third-order valence-electron chi connectivity index (χ3n) is 10.1. The zero-order chi connectivity index (χ0) is 40.8. The maximum absolute atomic E-state index is 13.7. The summed E-state index contributed by atoms with van der Waals surface area (Å²) >= 11 is 0. The molecule has 2 aliphatic rings. The minimum atomic E-state index is -3.84. The quantitative estimate of drug-likeness (QED) is 0.0968. The second-order valence-electron chi connectivity index (χ2n) is 14.1. The zero-order valence-corrected chi connectivity index (χ0v) is 34.8. The highest BCUT2D eigenvalue weighted by molar-refractivity contribution is 7.89. The third-order valence-corrected chi connectivity index (χ3v) is 11.6. The van der Waals surface area contributed by atoms with E-state index >= 15 is 0 Å². The Morgan fingerprint density at radius 3 is 1.74 bits per heavy atom. The predicted octanol–water partition coefficient (Wildman–Crippen LogP) is 4.73. The number of likely N-dealkylation sites (N-methyl/N-ethyl adjacent to an activating group) is 1. The van der Waals surface area contributed by atoms with Gasteiger partial charge in [-0.2, -0.15) is 0 Å². The van der Waals surface area contributed by atoms with Crippen LogP contribution in [0, 0.1) is 0 Å². The Bertz CT molecular complexity index is 1710. The highest BCUT2D eigenvalue weighted by atomic mass is 32.2. The van der Waals surface area contributed by atoms with E-state index in [4.69, 9.17) is 37.9 Å². The van der Waals surface area contributed by atoms with Crippen molar-refractivity contribution in [3.05, 3.63) is 89.5 Å². The van der Waals surface area contributed by atoms with E-state index in [9.17, 15) is 13.2 Å². The van der Waals surface area contributed by atoms with Crippen LogP contribution in [0.5, 0.6) is 0 Å². The molecule has 1 amide bonds. The van der Waals surface area contributed by atoms with Crippen LogP contribution >= 0.6 is 0 Å². The average Bonchev–Trinajstić information content (AvgIpc) is 3.88. The third kappa shape index (κ3) is 14.4. The molecule has 1 saturated heterocycles. The van der Waals surface area contributed by atoms with Gasteiger partial charge in [-0.15, -0.1) is 0 Å². The van der Waals surface area contributed by atoms with Gasteiger partial charge in [0.2, 0.25) is 10.0 Å². The molecule has 0 spiro atoms. The molecule has 3 aromatic carbocycles. The second-order valence-corrected chi connectivity index (χ2v) is 15.8. The van der Waals surface area contributed by atoms with Gasteiger partial charge in [0.1, 0.15) is 6.61 Å². The maximum atomic E-state index is 13.7. The number of methoxy groups -OCH3 is 1. The van der Waals surface area contributed by atoms with Gasteiger partial charge in [0.15, 0.2) is 0 Å². The summed E-state index contributed by atoms with van der Waals surface area (Å²) in [6, 6.07) is 22.9. The molecule has 15 heteroatoms. The van der Waals surface area contributed by atoms with Crippen molar-refractivity contribution in [1.82, 2.24) is 14.5 Å². The van der Waals surface area contributed by atoms with Gasteiger partial charge in [0.25, 0.3) is 0 Å². The highest BCUT2D eigenvalue weighted by Gasteiger charge is 2.32. The minimum absolute atomic E-state index is 0.0609. The number of nitrogens with one attached hydrogen (secondary N) is 1. The number of benzene rings is 3. The number of hydrogen-bond donors (Lipinski definition) is 1. The summed E-state index contributed by atoms with van der Waals surface area (Å²) in [5, 5.41) is 0. The van der Waals surface area contributed by atoms with E-state index < -0.39 is 22.2 Å². The fraction of sp³-hybridized carbons (Fsp3) is 0.558. The van der Waals surface area contributed by atoms with Crippen LogP contribution in [0.2, 0.25) is 0 Å². The first kappa shape index (κ1) is 45.6. The van der Waals surface area contributed by atoms with Gasteiger partial charge in [-0.25, -0.2) is 17.9 Å². The molecule has 58 heavy (non-hydrogen) atoms. The fourth-order valence-electron chi connectivity index (χ4n) is 7.05. The maximum Gasteiger partial charge on any atom is 0.410 e. The van der Waals surface area contributed by atoms with Gasteiger partial charge < -0.3 is 47.7 Å². The average molecular weight is 828 g/mol. The Labute approximate surface area is 344 Å². The molecule has 0 unspecified atom stereocenters. The number of hydrogen-bond acceptors (Lipinski definition) is 12. The molecule has 1 atom stereocenters. The summed E-state index contributed by atoms with van der Waals surface area (Å²) < 4.78 is 73.1. The van der Waals surface area contributed by atoms with Crippen LogP contribution in [-0.4, -0.2) is 157 Å². The summed E-state index contributed by atoms with van der Waals surface area (Å²) in [4.78, 5) is 17.8. The van der Waals surface area contributed by atoms with E-state index in [2.05, 4.69) is 33.9 Å². The summed E-state index contributed by atoms with van der Waals surface area (Å²) in [6.07, 6.45) is 1.72. The van der Waals surface area contributed by atoms with Crippen molar-refractivity contribution in [3.8, 4) is 11.1 Å². The summed E-state index contributed by atoms with van der Waals surface area (Å²) in [6.45, 7) is 8.50. The van der Waals surface area contributed by atoms with Gasteiger partial charge in [-0.3, -0.25) is 0 Å². The molecule has 0 aromatic heterocycles. The molecule has 14 nitrogen and oxygen atoms in total. The van der Waals surface area contributed by atoms with E-state index in [-0.39, 0.29) is 30.6 Å². The Balaban J connectivity index is 0.994. The van der Waals surface area contributed by atoms with Gasteiger partial charge >= 0.3 is 6.09 Å². The van der Waals surface area contributed by atoms with Crippen molar-refractivity contribution >= 4 is 16.1 Å². The van der Waals surface area contributed by atoms with Crippen LogP contribution in [0.15, 0.2) is 77.7 Å². The largest absolute Gasteiger partial charge is 0.448 e. The molecule has 1 N–H and O–H groups in total. The number of carbonyl (C=O) groups excluding carboxylic acids is 1. The monoisotopic (exact) mass is 827 g/mol. The topological polar surface area (TPSA) is 144 Å². The lowest BCUT2D eigenvalue weighted by Crippen LogP contribution is -2.39. The number of rotatable bonds is 29. The fourth-order valence-corrected chi connectivity index (χ4v) is 8.12. The van der Waals surface area contributed by atoms with Gasteiger partial charge in [-0.1, -0.05) is 60.7 Å². The van der Waals surface area contributed by atoms with Crippen LogP contribution in [-0.2, 0) is 47.9 Å². The molecular weight excluding hydrogens is 767 g/mol. The van der Waals surface area contributed by atoms with Crippen LogP contribution in [0.1, 0.15) is 41.5 Å². The smallest absolute Gasteiger partial charge is 0.410 e. The minimum Gasteiger partial charge on any atom is -0.448 e. The van der Waals surface area contributed by atoms with E-state index in [1.165, 1.54) is 0 Å².